The largest absolute Gasteiger partial charge is 0.393 e. The highest BCUT2D eigenvalue weighted by Gasteiger charge is 2.57. The van der Waals surface area contributed by atoms with Gasteiger partial charge in [-0.05, 0) is 104 Å². The van der Waals surface area contributed by atoms with E-state index in [1.165, 1.54) is 38.5 Å². The molecule has 3 saturated carbocycles. The molecule has 0 heterocycles. The fraction of sp³-hybridized carbons (Fsp3) is 0.857. The van der Waals surface area contributed by atoms with Crippen LogP contribution in [0.25, 0.3) is 0 Å². The van der Waals surface area contributed by atoms with Gasteiger partial charge in [0.05, 0.1) is 6.10 Å². The number of fused-ring (bicyclic) bond motifs is 5. The van der Waals surface area contributed by atoms with Gasteiger partial charge in [-0.2, -0.15) is 0 Å². The number of hydrogen-bond acceptors (Lipinski definition) is 1. The molecular weight excluding hydrogens is 352 g/mol. The molecule has 0 bridgehead atoms. The summed E-state index contributed by atoms with van der Waals surface area (Å²) in [6.07, 6.45) is 17.8. The zero-order valence-corrected chi connectivity index (χ0v) is 20.0. The highest BCUT2D eigenvalue weighted by atomic mass is 16.3. The summed E-state index contributed by atoms with van der Waals surface area (Å²) in [5.74, 6) is 5.25. The topological polar surface area (TPSA) is 20.2 Å². The van der Waals surface area contributed by atoms with Gasteiger partial charge in [0.15, 0.2) is 0 Å². The third-order valence-electron chi connectivity index (χ3n) is 10.5. The lowest BCUT2D eigenvalue weighted by molar-refractivity contribution is -0.0414. The molecule has 3 fully saturated rings. The summed E-state index contributed by atoms with van der Waals surface area (Å²) in [6, 6.07) is 0. The Hall–Kier alpha value is -0.560. The molecule has 4 unspecified atom stereocenters. The van der Waals surface area contributed by atoms with Crippen LogP contribution in [0.3, 0.4) is 0 Å². The Morgan fingerprint density at radius 3 is 2.34 bits per heavy atom. The smallest absolute Gasteiger partial charge is 0.0543 e. The summed E-state index contributed by atoms with van der Waals surface area (Å²) < 4.78 is 0. The summed E-state index contributed by atoms with van der Waals surface area (Å²) in [4.78, 5) is 0. The zero-order valence-electron chi connectivity index (χ0n) is 20.0. The van der Waals surface area contributed by atoms with Crippen LogP contribution in [0.4, 0.5) is 0 Å². The molecule has 0 spiro atoms. The van der Waals surface area contributed by atoms with Crippen molar-refractivity contribution in [2.45, 2.75) is 99.0 Å². The molecule has 4 aliphatic carbocycles. The van der Waals surface area contributed by atoms with E-state index in [9.17, 15) is 5.11 Å². The first-order chi connectivity index (χ1) is 13.7. The molecule has 9 atom stereocenters. The van der Waals surface area contributed by atoms with Crippen molar-refractivity contribution in [1.29, 1.82) is 0 Å². The molecule has 0 aromatic heterocycles. The number of hydrogen-bond donors (Lipinski definition) is 1. The third kappa shape index (κ3) is 3.58. The molecule has 164 valence electrons. The lowest BCUT2D eigenvalue weighted by atomic mass is 9.47. The Bertz CT molecular complexity index is 659. The SMILES string of the molecule is CC(C)[C@@H](C)C=C[C@@H](C)C1CCC2C3=CCC4C[C@@H](O)CC[C@]4(C)C3CC[C@@]21C. The molecule has 0 saturated heterocycles. The van der Waals surface area contributed by atoms with Gasteiger partial charge < -0.3 is 5.11 Å². The first-order valence-corrected chi connectivity index (χ1v) is 12.7. The van der Waals surface area contributed by atoms with Crippen LogP contribution in [0.5, 0.6) is 0 Å². The van der Waals surface area contributed by atoms with Crippen LogP contribution in [0.15, 0.2) is 23.8 Å². The highest BCUT2D eigenvalue weighted by molar-refractivity contribution is 5.28. The highest BCUT2D eigenvalue weighted by Crippen LogP contribution is 2.66. The number of allylic oxidation sites excluding steroid dienone is 4. The Kier molecular flexibility index (Phi) is 5.86. The number of rotatable bonds is 4. The normalized spacial score (nSPS) is 46.8. The quantitative estimate of drug-likeness (QED) is 0.489. The average molecular weight is 399 g/mol. The van der Waals surface area contributed by atoms with Crippen molar-refractivity contribution in [3.05, 3.63) is 23.8 Å². The van der Waals surface area contributed by atoms with E-state index in [0.29, 0.717) is 28.6 Å². The van der Waals surface area contributed by atoms with E-state index in [2.05, 4.69) is 59.8 Å². The summed E-state index contributed by atoms with van der Waals surface area (Å²) >= 11 is 0. The Labute approximate surface area is 180 Å². The van der Waals surface area contributed by atoms with Crippen molar-refractivity contribution in [2.75, 3.05) is 0 Å². The van der Waals surface area contributed by atoms with E-state index >= 15 is 0 Å². The van der Waals surface area contributed by atoms with E-state index in [0.717, 1.165) is 36.5 Å². The van der Waals surface area contributed by atoms with Gasteiger partial charge in [-0.1, -0.05) is 65.3 Å². The van der Waals surface area contributed by atoms with Crippen molar-refractivity contribution in [1.82, 2.24) is 0 Å². The van der Waals surface area contributed by atoms with Gasteiger partial charge in [0.1, 0.15) is 0 Å². The first-order valence-electron chi connectivity index (χ1n) is 12.7. The van der Waals surface area contributed by atoms with Gasteiger partial charge in [0, 0.05) is 0 Å². The van der Waals surface area contributed by atoms with E-state index < -0.39 is 0 Å². The summed E-state index contributed by atoms with van der Waals surface area (Å²) in [5, 5.41) is 10.2. The van der Waals surface area contributed by atoms with Crippen LogP contribution in [0.1, 0.15) is 92.9 Å². The van der Waals surface area contributed by atoms with E-state index in [-0.39, 0.29) is 6.10 Å². The van der Waals surface area contributed by atoms with Crippen LogP contribution in [-0.2, 0) is 0 Å². The molecule has 0 radical (unpaired) electrons. The molecule has 0 aromatic carbocycles. The van der Waals surface area contributed by atoms with Crippen LogP contribution < -0.4 is 0 Å². The molecule has 0 amide bonds. The minimum Gasteiger partial charge on any atom is -0.393 e. The minimum absolute atomic E-state index is 0.0476. The molecule has 1 N–H and O–H groups in total. The van der Waals surface area contributed by atoms with Crippen LogP contribution in [0, 0.1) is 52.3 Å². The first kappa shape index (κ1) is 21.7. The summed E-state index contributed by atoms with van der Waals surface area (Å²) in [5.41, 5.74) is 2.79. The third-order valence-corrected chi connectivity index (χ3v) is 10.5. The fourth-order valence-electron chi connectivity index (χ4n) is 8.10. The van der Waals surface area contributed by atoms with Crippen LogP contribution >= 0.6 is 0 Å². The Balaban J connectivity index is 1.54. The molecule has 4 aliphatic rings. The van der Waals surface area contributed by atoms with Gasteiger partial charge in [-0.25, -0.2) is 0 Å². The number of aliphatic hydroxyl groups excluding tert-OH is 1. The average Bonchev–Trinajstić information content (AvgIpc) is 3.03. The second-order valence-electron chi connectivity index (χ2n) is 12.3. The molecule has 1 heteroatoms. The van der Waals surface area contributed by atoms with Crippen molar-refractivity contribution in [2.24, 2.45) is 52.3 Å². The molecule has 0 aliphatic heterocycles. The lowest BCUT2D eigenvalue weighted by Gasteiger charge is -2.57. The zero-order chi connectivity index (χ0) is 21.0. The van der Waals surface area contributed by atoms with Crippen molar-refractivity contribution >= 4 is 0 Å². The Morgan fingerprint density at radius 1 is 0.931 bits per heavy atom. The van der Waals surface area contributed by atoms with Crippen molar-refractivity contribution in [3.8, 4) is 0 Å². The predicted molar refractivity (Wildman–Crippen MR) is 124 cm³/mol. The molecule has 29 heavy (non-hydrogen) atoms. The molecule has 4 rings (SSSR count). The lowest BCUT2D eigenvalue weighted by Crippen LogP contribution is -2.49. The minimum atomic E-state index is -0.0476. The van der Waals surface area contributed by atoms with Gasteiger partial charge in [0.25, 0.3) is 0 Å². The second kappa shape index (κ2) is 7.85. The Morgan fingerprint density at radius 2 is 1.62 bits per heavy atom. The van der Waals surface area contributed by atoms with Gasteiger partial charge in [-0.15, -0.1) is 0 Å². The van der Waals surface area contributed by atoms with Crippen LogP contribution in [-0.4, -0.2) is 11.2 Å². The molecule has 1 nitrogen and oxygen atoms in total. The molecule has 0 aromatic rings. The maximum atomic E-state index is 10.2. The van der Waals surface area contributed by atoms with Crippen LogP contribution in [0.2, 0.25) is 0 Å². The van der Waals surface area contributed by atoms with Crippen molar-refractivity contribution in [3.63, 3.8) is 0 Å². The molecular formula is C28H46O. The maximum absolute atomic E-state index is 10.2. The van der Waals surface area contributed by atoms with Gasteiger partial charge in [0.2, 0.25) is 0 Å². The van der Waals surface area contributed by atoms with E-state index in [1.54, 1.807) is 0 Å². The van der Waals surface area contributed by atoms with E-state index in [4.69, 9.17) is 0 Å². The van der Waals surface area contributed by atoms with Gasteiger partial charge in [-0.3, -0.25) is 0 Å². The maximum Gasteiger partial charge on any atom is 0.0543 e. The van der Waals surface area contributed by atoms with Crippen molar-refractivity contribution < 1.29 is 5.11 Å². The van der Waals surface area contributed by atoms with Gasteiger partial charge >= 0.3 is 0 Å². The monoisotopic (exact) mass is 398 g/mol. The standard InChI is InChI=1S/C28H46O/c1-18(2)19(3)7-8-20(4)24-11-12-25-23-10-9-21-17-22(29)13-15-27(21,5)26(23)14-16-28(24,25)6/h7-8,10,18-22,24-26,29H,9,11-17H2,1-6H3/t19-,20+,21?,22-,24?,25?,26?,27-,28+/m0/s1. The fourth-order valence-corrected chi connectivity index (χ4v) is 8.10. The van der Waals surface area contributed by atoms with E-state index in [1.807, 2.05) is 5.57 Å². The number of aliphatic hydroxyl groups is 1. The summed E-state index contributed by atoms with van der Waals surface area (Å²) in [6.45, 7) is 14.7. The predicted octanol–water partition coefficient (Wildman–Crippen LogP) is 7.41. The second-order valence-corrected chi connectivity index (χ2v) is 12.3. The summed E-state index contributed by atoms with van der Waals surface area (Å²) in [7, 11) is 0.